The van der Waals surface area contributed by atoms with E-state index in [1.54, 1.807) is 6.20 Å². The molecule has 1 aliphatic heterocycles. The third-order valence-corrected chi connectivity index (χ3v) is 3.53. The van der Waals surface area contributed by atoms with Gasteiger partial charge >= 0.3 is 6.18 Å². The highest BCUT2D eigenvalue weighted by Gasteiger charge is 2.32. The highest BCUT2D eigenvalue weighted by atomic mass is 79.9. The Morgan fingerprint density at radius 2 is 1.89 bits per heavy atom. The van der Waals surface area contributed by atoms with Gasteiger partial charge in [0.25, 0.3) is 0 Å². The Kier molecular flexibility index (Phi) is 4.35. The predicted molar refractivity (Wildman–Crippen MR) is 71.4 cm³/mol. The molecule has 106 valence electrons. The number of aromatic nitrogens is 1. The maximum Gasteiger partial charge on any atom is 0.401 e. The van der Waals surface area contributed by atoms with E-state index in [0.717, 1.165) is 15.9 Å². The summed E-state index contributed by atoms with van der Waals surface area (Å²) in [4.78, 5) is 7.81. The van der Waals surface area contributed by atoms with Crippen LogP contribution in [0.4, 0.5) is 19.0 Å². The summed E-state index contributed by atoms with van der Waals surface area (Å²) in [6.07, 6.45) is -2.40. The molecule has 0 aliphatic carbocycles. The molecule has 19 heavy (non-hydrogen) atoms. The van der Waals surface area contributed by atoms with E-state index >= 15 is 0 Å². The molecule has 0 aromatic carbocycles. The first-order valence-electron chi connectivity index (χ1n) is 6.01. The van der Waals surface area contributed by atoms with Crippen molar-refractivity contribution >= 4 is 21.7 Å². The fourth-order valence-electron chi connectivity index (χ4n) is 2.24. The zero-order valence-electron chi connectivity index (χ0n) is 10.5. The molecule has 1 fully saturated rings. The van der Waals surface area contributed by atoms with E-state index in [9.17, 15) is 13.2 Å². The van der Waals surface area contributed by atoms with Gasteiger partial charge in [0.05, 0.1) is 6.54 Å². The minimum absolute atomic E-state index is 0.413. The number of rotatable bonds is 2. The lowest BCUT2D eigenvalue weighted by Gasteiger charge is -2.36. The second-order valence-corrected chi connectivity index (χ2v) is 5.59. The maximum absolute atomic E-state index is 12.3. The van der Waals surface area contributed by atoms with Crippen LogP contribution in [0.3, 0.4) is 0 Å². The van der Waals surface area contributed by atoms with Crippen molar-refractivity contribution in [2.75, 3.05) is 37.6 Å². The Labute approximate surface area is 118 Å². The van der Waals surface area contributed by atoms with E-state index in [4.69, 9.17) is 0 Å². The van der Waals surface area contributed by atoms with E-state index in [-0.39, 0.29) is 0 Å². The Morgan fingerprint density at radius 3 is 2.42 bits per heavy atom. The van der Waals surface area contributed by atoms with Crippen molar-refractivity contribution in [3.63, 3.8) is 0 Å². The van der Waals surface area contributed by atoms with Crippen molar-refractivity contribution in [3.8, 4) is 0 Å². The number of alkyl halides is 3. The standard InChI is InChI=1S/C12H15BrF3N3/c1-9-6-10(13)7-17-11(9)19-4-2-18(3-5-19)8-12(14,15)16/h6-7H,2-5,8H2,1H3. The second kappa shape index (κ2) is 5.66. The Hall–Kier alpha value is -0.820. The summed E-state index contributed by atoms with van der Waals surface area (Å²) in [5, 5.41) is 0. The Bertz CT molecular complexity index is 442. The average molecular weight is 338 g/mol. The first kappa shape index (κ1) is 14.6. The van der Waals surface area contributed by atoms with Gasteiger partial charge in [0, 0.05) is 36.8 Å². The summed E-state index contributed by atoms with van der Waals surface area (Å²) < 4.78 is 37.8. The zero-order chi connectivity index (χ0) is 14.0. The van der Waals surface area contributed by atoms with Crippen molar-refractivity contribution in [2.24, 2.45) is 0 Å². The molecule has 0 radical (unpaired) electrons. The zero-order valence-corrected chi connectivity index (χ0v) is 12.1. The van der Waals surface area contributed by atoms with Gasteiger partial charge < -0.3 is 4.90 Å². The summed E-state index contributed by atoms with van der Waals surface area (Å²) in [6, 6.07) is 1.96. The molecule has 0 amide bonds. The number of nitrogens with zero attached hydrogens (tertiary/aromatic N) is 3. The molecule has 0 N–H and O–H groups in total. The average Bonchev–Trinajstić information content (AvgIpc) is 2.28. The molecule has 7 heteroatoms. The van der Waals surface area contributed by atoms with Crippen LogP contribution >= 0.6 is 15.9 Å². The van der Waals surface area contributed by atoms with Gasteiger partial charge in [-0.2, -0.15) is 13.2 Å². The molecule has 0 bridgehead atoms. The first-order valence-corrected chi connectivity index (χ1v) is 6.81. The number of hydrogen-bond donors (Lipinski definition) is 0. The first-order chi connectivity index (χ1) is 8.85. The van der Waals surface area contributed by atoms with Crippen LogP contribution in [0.1, 0.15) is 5.56 Å². The van der Waals surface area contributed by atoms with Crippen molar-refractivity contribution in [1.29, 1.82) is 0 Å². The fraction of sp³-hybridized carbons (Fsp3) is 0.583. The normalized spacial score (nSPS) is 17.8. The van der Waals surface area contributed by atoms with Crippen molar-refractivity contribution in [3.05, 3.63) is 22.3 Å². The molecule has 2 heterocycles. The molecular weight excluding hydrogens is 323 g/mol. The molecule has 0 atom stereocenters. The largest absolute Gasteiger partial charge is 0.401 e. The van der Waals surface area contributed by atoms with Gasteiger partial charge in [-0.15, -0.1) is 0 Å². The molecule has 1 saturated heterocycles. The Morgan fingerprint density at radius 1 is 1.26 bits per heavy atom. The van der Waals surface area contributed by atoms with Crippen LogP contribution in [0.5, 0.6) is 0 Å². The Balaban J connectivity index is 1.96. The third kappa shape index (κ3) is 4.07. The monoisotopic (exact) mass is 337 g/mol. The smallest absolute Gasteiger partial charge is 0.354 e. The number of hydrogen-bond acceptors (Lipinski definition) is 3. The number of anilines is 1. The minimum Gasteiger partial charge on any atom is -0.354 e. The quantitative estimate of drug-likeness (QED) is 0.827. The summed E-state index contributed by atoms with van der Waals surface area (Å²) in [5.74, 6) is 0.856. The minimum atomic E-state index is -4.12. The van der Waals surface area contributed by atoms with Crippen LogP contribution in [0.2, 0.25) is 0 Å². The highest BCUT2D eigenvalue weighted by molar-refractivity contribution is 9.10. The van der Waals surface area contributed by atoms with E-state index in [1.165, 1.54) is 4.90 Å². The van der Waals surface area contributed by atoms with Crippen LogP contribution in [0, 0.1) is 6.92 Å². The summed E-state index contributed by atoms with van der Waals surface area (Å²) in [6.45, 7) is 3.10. The van der Waals surface area contributed by atoms with Crippen molar-refractivity contribution in [2.45, 2.75) is 13.1 Å². The second-order valence-electron chi connectivity index (χ2n) is 4.67. The molecule has 1 aromatic rings. The molecule has 2 rings (SSSR count). The lowest BCUT2D eigenvalue weighted by atomic mass is 10.2. The highest BCUT2D eigenvalue weighted by Crippen LogP contribution is 2.23. The number of aryl methyl sites for hydroxylation is 1. The molecule has 0 saturated carbocycles. The maximum atomic E-state index is 12.3. The molecule has 3 nitrogen and oxygen atoms in total. The van der Waals surface area contributed by atoms with Crippen LogP contribution in [0.25, 0.3) is 0 Å². The molecular formula is C12H15BrF3N3. The number of pyridine rings is 1. The van der Waals surface area contributed by atoms with Crippen LogP contribution in [-0.2, 0) is 0 Å². The van der Waals surface area contributed by atoms with Gasteiger partial charge in [0.1, 0.15) is 5.82 Å². The fourth-order valence-corrected chi connectivity index (χ4v) is 2.68. The van der Waals surface area contributed by atoms with E-state index < -0.39 is 12.7 Å². The van der Waals surface area contributed by atoms with Crippen molar-refractivity contribution in [1.82, 2.24) is 9.88 Å². The summed E-state index contributed by atoms with van der Waals surface area (Å²) in [5.41, 5.74) is 1.03. The predicted octanol–water partition coefficient (Wildman–Crippen LogP) is 2.84. The third-order valence-electron chi connectivity index (χ3n) is 3.09. The van der Waals surface area contributed by atoms with Crippen LogP contribution in [-0.4, -0.2) is 48.8 Å². The molecule has 0 unspecified atom stereocenters. The summed E-state index contributed by atoms with van der Waals surface area (Å²) in [7, 11) is 0. The van der Waals surface area contributed by atoms with Crippen LogP contribution < -0.4 is 4.90 Å². The van der Waals surface area contributed by atoms with Gasteiger partial charge in [-0.05, 0) is 34.5 Å². The molecule has 0 spiro atoms. The topological polar surface area (TPSA) is 19.4 Å². The van der Waals surface area contributed by atoms with Gasteiger partial charge in [-0.1, -0.05) is 0 Å². The number of piperazine rings is 1. The lowest BCUT2D eigenvalue weighted by molar-refractivity contribution is -0.146. The van der Waals surface area contributed by atoms with Gasteiger partial charge in [0.15, 0.2) is 0 Å². The van der Waals surface area contributed by atoms with E-state index in [2.05, 4.69) is 20.9 Å². The molecule has 1 aromatic heterocycles. The van der Waals surface area contributed by atoms with E-state index in [1.807, 2.05) is 17.9 Å². The van der Waals surface area contributed by atoms with Gasteiger partial charge in [-0.3, -0.25) is 4.90 Å². The van der Waals surface area contributed by atoms with Crippen LogP contribution in [0.15, 0.2) is 16.7 Å². The number of halogens is 4. The van der Waals surface area contributed by atoms with Gasteiger partial charge in [-0.25, -0.2) is 4.98 Å². The lowest BCUT2D eigenvalue weighted by Crippen LogP contribution is -2.49. The SMILES string of the molecule is Cc1cc(Br)cnc1N1CCN(CC(F)(F)F)CC1. The molecule has 1 aliphatic rings. The van der Waals surface area contributed by atoms with Crippen molar-refractivity contribution < 1.29 is 13.2 Å². The van der Waals surface area contributed by atoms with E-state index in [0.29, 0.717) is 26.2 Å². The van der Waals surface area contributed by atoms with Gasteiger partial charge in [0.2, 0.25) is 0 Å². The summed E-state index contributed by atoms with van der Waals surface area (Å²) >= 11 is 3.35.